The molecule has 0 saturated heterocycles. The van der Waals surface area contributed by atoms with Crippen molar-refractivity contribution in [2.24, 2.45) is 0 Å². The number of thiophene rings is 1. The number of hydrogen-bond donors (Lipinski definition) is 0. The molecule has 0 radical (unpaired) electrons. The molecule has 0 atom stereocenters. The number of benzene rings is 1. The standard InChI is InChI=1S/C10H4ClNOS/c11-9-3-6(4-12)7-1-2-14-10(7)8(9)5-13/h1-3,5H. The molecule has 4 heteroatoms. The zero-order valence-electron chi connectivity index (χ0n) is 6.95. The third kappa shape index (κ3) is 1.20. The smallest absolute Gasteiger partial charge is 0.153 e. The summed E-state index contributed by atoms with van der Waals surface area (Å²) >= 11 is 7.28. The lowest BCUT2D eigenvalue weighted by atomic mass is 10.1. The predicted molar refractivity (Wildman–Crippen MR) is 56.9 cm³/mol. The number of nitriles is 1. The highest BCUT2D eigenvalue weighted by Gasteiger charge is 2.10. The summed E-state index contributed by atoms with van der Waals surface area (Å²) < 4.78 is 0.782. The van der Waals surface area contributed by atoms with Crippen LogP contribution < -0.4 is 0 Å². The van der Waals surface area contributed by atoms with E-state index in [1.807, 2.05) is 11.4 Å². The first-order valence-electron chi connectivity index (χ1n) is 3.83. The van der Waals surface area contributed by atoms with Crippen molar-refractivity contribution < 1.29 is 4.79 Å². The van der Waals surface area contributed by atoms with Gasteiger partial charge >= 0.3 is 0 Å². The highest BCUT2D eigenvalue weighted by atomic mass is 35.5. The van der Waals surface area contributed by atoms with E-state index in [9.17, 15) is 4.79 Å². The number of carbonyl (C=O) groups excluding carboxylic acids is 1. The number of halogens is 1. The van der Waals surface area contributed by atoms with Gasteiger partial charge < -0.3 is 0 Å². The van der Waals surface area contributed by atoms with Gasteiger partial charge in [0, 0.05) is 10.1 Å². The highest BCUT2D eigenvalue weighted by Crippen LogP contribution is 2.31. The lowest BCUT2D eigenvalue weighted by molar-refractivity contribution is 0.112. The van der Waals surface area contributed by atoms with E-state index in [1.165, 1.54) is 17.4 Å². The summed E-state index contributed by atoms with van der Waals surface area (Å²) in [6.45, 7) is 0. The maximum atomic E-state index is 10.8. The Morgan fingerprint density at radius 2 is 2.36 bits per heavy atom. The average Bonchev–Trinajstić information content (AvgIpc) is 2.65. The maximum Gasteiger partial charge on any atom is 0.153 e. The van der Waals surface area contributed by atoms with Gasteiger partial charge in [-0.2, -0.15) is 5.26 Å². The van der Waals surface area contributed by atoms with Crippen molar-refractivity contribution in [1.82, 2.24) is 0 Å². The Balaban J connectivity index is 2.97. The van der Waals surface area contributed by atoms with Crippen LogP contribution in [0.15, 0.2) is 17.5 Å². The zero-order chi connectivity index (χ0) is 10.1. The van der Waals surface area contributed by atoms with Crippen molar-refractivity contribution in [3.63, 3.8) is 0 Å². The number of fused-ring (bicyclic) bond motifs is 1. The van der Waals surface area contributed by atoms with Crippen LogP contribution in [0.1, 0.15) is 15.9 Å². The second-order valence-corrected chi connectivity index (χ2v) is 4.04. The number of carbonyl (C=O) groups is 1. The van der Waals surface area contributed by atoms with Crippen LogP contribution >= 0.6 is 22.9 Å². The lowest BCUT2D eigenvalue weighted by Gasteiger charge is -1.99. The molecule has 1 aromatic carbocycles. The Labute approximate surface area is 89.3 Å². The van der Waals surface area contributed by atoms with Crippen molar-refractivity contribution >= 4 is 39.3 Å². The Bertz CT molecular complexity index is 553. The zero-order valence-corrected chi connectivity index (χ0v) is 8.52. The van der Waals surface area contributed by atoms with Crippen LogP contribution in [0.25, 0.3) is 10.1 Å². The predicted octanol–water partition coefficient (Wildman–Crippen LogP) is 3.24. The van der Waals surface area contributed by atoms with Gasteiger partial charge in [0.1, 0.15) is 0 Å². The van der Waals surface area contributed by atoms with Crippen molar-refractivity contribution in [3.05, 3.63) is 33.7 Å². The van der Waals surface area contributed by atoms with E-state index >= 15 is 0 Å². The van der Waals surface area contributed by atoms with Crippen LogP contribution in [0, 0.1) is 11.3 Å². The van der Waals surface area contributed by atoms with Crippen LogP contribution in [0.4, 0.5) is 0 Å². The van der Waals surface area contributed by atoms with Gasteiger partial charge in [-0.05, 0) is 17.5 Å². The number of rotatable bonds is 1. The summed E-state index contributed by atoms with van der Waals surface area (Å²) in [4.78, 5) is 10.8. The molecule has 0 fully saturated rings. The fourth-order valence-electron chi connectivity index (χ4n) is 1.32. The highest BCUT2D eigenvalue weighted by molar-refractivity contribution is 7.17. The van der Waals surface area contributed by atoms with Crippen LogP contribution in [0.2, 0.25) is 5.02 Å². The molecule has 0 unspecified atom stereocenters. The Kier molecular flexibility index (Phi) is 2.24. The van der Waals surface area contributed by atoms with Gasteiger partial charge in [0.2, 0.25) is 0 Å². The van der Waals surface area contributed by atoms with Gasteiger partial charge in [-0.3, -0.25) is 4.79 Å². The largest absolute Gasteiger partial charge is 0.298 e. The normalized spacial score (nSPS) is 10.0. The van der Waals surface area contributed by atoms with Gasteiger partial charge in [0.25, 0.3) is 0 Å². The van der Waals surface area contributed by atoms with Crippen LogP contribution in [-0.4, -0.2) is 6.29 Å². The van der Waals surface area contributed by atoms with Crippen molar-refractivity contribution in [2.45, 2.75) is 0 Å². The summed E-state index contributed by atoms with van der Waals surface area (Å²) in [5.41, 5.74) is 0.979. The minimum absolute atomic E-state index is 0.339. The first-order chi connectivity index (χ1) is 6.77. The molecule has 2 nitrogen and oxygen atoms in total. The molecule has 14 heavy (non-hydrogen) atoms. The lowest BCUT2D eigenvalue weighted by Crippen LogP contribution is -1.85. The molecule has 2 rings (SSSR count). The second-order valence-electron chi connectivity index (χ2n) is 2.71. The van der Waals surface area contributed by atoms with E-state index in [4.69, 9.17) is 16.9 Å². The van der Waals surface area contributed by atoms with Crippen molar-refractivity contribution in [3.8, 4) is 6.07 Å². The molecule has 0 aliphatic rings. The number of nitrogens with zero attached hydrogens (tertiary/aromatic N) is 1. The molecule has 2 aromatic rings. The Morgan fingerprint density at radius 1 is 1.57 bits per heavy atom. The second kappa shape index (κ2) is 3.41. The molecule has 1 heterocycles. The SMILES string of the molecule is N#Cc1cc(Cl)c(C=O)c2sccc12. The monoisotopic (exact) mass is 221 g/mol. The van der Waals surface area contributed by atoms with E-state index in [1.54, 1.807) is 0 Å². The van der Waals surface area contributed by atoms with Gasteiger partial charge in [-0.25, -0.2) is 0 Å². The first-order valence-corrected chi connectivity index (χ1v) is 5.08. The molecule has 0 spiro atoms. The first kappa shape index (κ1) is 9.20. The Hall–Kier alpha value is -1.37. The van der Waals surface area contributed by atoms with Crippen LogP contribution in [0.5, 0.6) is 0 Å². The quantitative estimate of drug-likeness (QED) is 0.694. The van der Waals surface area contributed by atoms with E-state index in [0.29, 0.717) is 16.1 Å². The summed E-state index contributed by atoms with van der Waals surface area (Å²) in [5.74, 6) is 0. The fraction of sp³-hybridized carbons (Fsp3) is 0. The average molecular weight is 222 g/mol. The van der Waals surface area contributed by atoms with E-state index in [2.05, 4.69) is 6.07 Å². The third-order valence-electron chi connectivity index (χ3n) is 1.97. The minimum atomic E-state index is 0.339. The van der Waals surface area contributed by atoms with Crippen LogP contribution in [-0.2, 0) is 0 Å². The maximum absolute atomic E-state index is 10.8. The summed E-state index contributed by atoms with van der Waals surface area (Å²) in [6, 6.07) is 5.40. The molecule has 0 N–H and O–H groups in total. The van der Waals surface area contributed by atoms with Gasteiger partial charge in [-0.15, -0.1) is 11.3 Å². The van der Waals surface area contributed by atoms with Crippen molar-refractivity contribution in [2.75, 3.05) is 0 Å². The van der Waals surface area contributed by atoms with E-state index in [-0.39, 0.29) is 0 Å². The summed E-state index contributed by atoms with van der Waals surface area (Å²) in [6.07, 6.45) is 0.725. The molecule has 0 aliphatic carbocycles. The van der Waals surface area contributed by atoms with Crippen molar-refractivity contribution in [1.29, 1.82) is 5.26 Å². The van der Waals surface area contributed by atoms with Gasteiger partial charge in [0.15, 0.2) is 6.29 Å². The Morgan fingerprint density at radius 3 is 3.00 bits per heavy atom. The topological polar surface area (TPSA) is 40.9 Å². The number of aldehydes is 1. The van der Waals surface area contributed by atoms with Gasteiger partial charge in [0.05, 0.1) is 22.2 Å². The van der Waals surface area contributed by atoms with E-state index < -0.39 is 0 Å². The minimum Gasteiger partial charge on any atom is -0.298 e. The molecule has 68 valence electrons. The molecule has 1 aromatic heterocycles. The summed E-state index contributed by atoms with van der Waals surface area (Å²) in [5, 5.41) is 11.8. The molecule has 0 bridgehead atoms. The molecule has 0 aliphatic heterocycles. The molecule has 0 amide bonds. The molecular weight excluding hydrogens is 218 g/mol. The van der Waals surface area contributed by atoms with Gasteiger partial charge in [-0.1, -0.05) is 11.6 Å². The fourth-order valence-corrected chi connectivity index (χ4v) is 2.56. The molecular formula is C10H4ClNOS. The third-order valence-corrected chi connectivity index (χ3v) is 3.23. The summed E-state index contributed by atoms with van der Waals surface area (Å²) in [7, 11) is 0. The molecule has 0 saturated carbocycles. The van der Waals surface area contributed by atoms with Crippen LogP contribution in [0.3, 0.4) is 0 Å². The number of hydrogen-bond acceptors (Lipinski definition) is 3. The van der Waals surface area contributed by atoms with E-state index in [0.717, 1.165) is 16.4 Å².